The summed E-state index contributed by atoms with van der Waals surface area (Å²) >= 11 is 2.27. The van der Waals surface area contributed by atoms with Crippen molar-refractivity contribution >= 4 is 47.4 Å². The van der Waals surface area contributed by atoms with Crippen LogP contribution in [-0.4, -0.2) is 37.4 Å². The molecule has 0 spiro atoms. The maximum atomic E-state index is 12.4. The second-order valence-corrected chi connectivity index (χ2v) is 7.11. The van der Waals surface area contributed by atoms with Crippen LogP contribution in [0.25, 0.3) is 0 Å². The summed E-state index contributed by atoms with van der Waals surface area (Å²) in [7, 11) is 0. The van der Waals surface area contributed by atoms with Crippen LogP contribution in [0.3, 0.4) is 0 Å². The highest BCUT2D eigenvalue weighted by molar-refractivity contribution is 14.1. The van der Waals surface area contributed by atoms with Gasteiger partial charge in [-0.2, -0.15) is 0 Å². The zero-order chi connectivity index (χ0) is 17.9. The lowest BCUT2D eigenvalue weighted by Crippen LogP contribution is -2.45. The van der Waals surface area contributed by atoms with Gasteiger partial charge in [0.25, 0.3) is 0 Å². The first kappa shape index (κ1) is 24.3. The number of halogens is 6. The molecule has 3 rings (SSSR count). The Bertz CT molecular complexity index is 710. The van der Waals surface area contributed by atoms with Crippen LogP contribution in [0.2, 0.25) is 0 Å². The largest absolute Gasteiger partial charge is 0.573 e. The van der Waals surface area contributed by atoms with E-state index in [4.69, 9.17) is 0 Å². The molecule has 9 heteroatoms. The summed E-state index contributed by atoms with van der Waals surface area (Å²) < 4.78 is 42.2. The zero-order valence-corrected chi connectivity index (χ0v) is 18.0. The highest BCUT2D eigenvalue weighted by atomic mass is 127. The normalized spacial score (nSPS) is 16.0. The van der Waals surface area contributed by atoms with E-state index >= 15 is 0 Å². The summed E-state index contributed by atoms with van der Waals surface area (Å²) in [4.78, 5) is 2.35. The summed E-state index contributed by atoms with van der Waals surface area (Å²) in [6.45, 7) is 3.57. The van der Waals surface area contributed by atoms with E-state index in [1.54, 1.807) is 12.1 Å². The second-order valence-electron chi connectivity index (χ2n) is 5.86. The van der Waals surface area contributed by atoms with Gasteiger partial charge in [-0.1, -0.05) is 24.3 Å². The molecule has 1 fully saturated rings. The predicted octanol–water partition coefficient (Wildman–Crippen LogP) is 5.03. The fourth-order valence-corrected chi connectivity index (χ4v) is 3.65. The smallest absolute Gasteiger partial charge is 0.406 e. The quantitative estimate of drug-likeness (QED) is 0.557. The van der Waals surface area contributed by atoms with Gasteiger partial charge in [-0.15, -0.1) is 38.0 Å². The molecule has 0 unspecified atom stereocenters. The first-order chi connectivity index (χ1) is 11.9. The van der Waals surface area contributed by atoms with E-state index in [0.717, 1.165) is 40.9 Å². The Balaban J connectivity index is 0.00000182. The maximum absolute atomic E-state index is 12.4. The van der Waals surface area contributed by atoms with Crippen molar-refractivity contribution in [2.24, 2.45) is 0 Å². The first-order valence-corrected chi connectivity index (χ1v) is 9.06. The summed E-state index contributed by atoms with van der Waals surface area (Å²) in [5.74, 6) is -0.196. The molecule has 0 amide bonds. The topological polar surface area (TPSA) is 24.5 Å². The minimum atomic E-state index is -4.67. The van der Waals surface area contributed by atoms with Crippen molar-refractivity contribution in [1.82, 2.24) is 10.2 Å². The molecule has 1 aliphatic rings. The summed E-state index contributed by atoms with van der Waals surface area (Å²) in [5, 5.41) is 3.33. The molecular weight excluding hydrogens is 515 g/mol. The van der Waals surface area contributed by atoms with Gasteiger partial charge in [0.15, 0.2) is 0 Å². The zero-order valence-electron chi connectivity index (χ0n) is 14.2. The Labute approximate surface area is 182 Å². The Morgan fingerprint density at radius 2 is 1.59 bits per heavy atom. The van der Waals surface area contributed by atoms with Gasteiger partial charge in [0.1, 0.15) is 5.75 Å². The molecule has 0 aliphatic carbocycles. The SMILES string of the molecule is Cl.Cl.FC(F)(F)Oc1ccc([C@@H](c2cccc(I)c2)N2CCNCC2)cc1. The van der Waals surface area contributed by atoms with Gasteiger partial charge in [-0.05, 0) is 58.0 Å². The lowest BCUT2D eigenvalue weighted by molar-refractivity contribution is -0.274. The number of nitrogens with one attached hydrogen (secondary N) is 1. The van der Waals surface area contributed by atoms with Gasteiger partial charge in [0, 0.05) is 29.7 Å². The van der Waals surface area contributed by atoms with Crippen LogP contribution < -0.4 is 10.1 Å². The van der Waals surface area contributed by atoms with Crippen molar-refractivity contribution in [3.63, 3.8) is 0 Å². The molecule has 2 aromatic rings. The summed E-state index contributed by atoms with van der Waals surface area (Å²) in [5.41, 5.74) is 2.09. The monoisotopic (exact) mass is 534 g/mol. The molecule has 1 atom stereocenters. The average molecular weight is 535 g/mol. The van der Waals surface area contributed by atoms with Gasteiger partial charge in [0.2, 0.25) is 0 Å². The third kappa shape index (κ3) is 6.98. The number of alkyl halides is 3. The molecule has 0 aromatic heterocycles. The fourth-order valence-electron chi connectivity index (χ4n) is 3.08. The van der Waals surface area contributed by atoms with Gasteiger partial charge in [0.05, 0.1) is 6.04 Å². The van der Waals surface area contributed by atoms with Gasteiger partial charge in [-0.3, -0.25) is 4.90 Å². The van der Waals surface area contributed by atoms with E-state index in [9.17, 15) is 13.2 Å². The van der Waals surface area contributed by atoms with Crippen LogP contribution in [0.4, 0.5) is 13.2 Å². The molecule has 0 radical (unpaired) electrons. The lowest BCUT2D eigenvalue weighted by atomic mass is 9.96. The minimum absolute atomic E-state index is 0. The number of hydrogen-bond acceptors (Lipinski definition) is 3. The van der Waals surface area contributed by atoms with Crippen LogP contribution in [0.5, 0.6) is 5.75 Å². The number of piperazine rings is 1. The third-order valence-corrected chi connectivity index (χ3v) is 4.78. The molecule has 0 saturated carbocycles. The highest BCUT2D eigenvalue weighted by Crippen LogP contribution is 2.32. The summed E-state index contributed by atoms with van der Waals surface area (Å²) in [6.07, 6.45) is -4.67. The number of nitrogens with zero attached hydrogens (tertiary/aromatic N) is 1. The Morgan fingerprint density at radius 1 is 0.963 bits per heavy atom. The molecule has 0 bridgehead atoms. The van der Waals surface area contributed by atoms with Crippen molar-refractivity contribution in [3.8, 4) is 5.75 Å². The highest BCUT2D eigenvalue weighted by Gasteiger charge is 2.31. The Kier molecular flexibility index (Phi) is 9.64. The van der Waals surface area contributed by atoms with Crippen molar-refractivity contribution in [2.75, 3.05) is 26.2 Å². The molecule has 150 valence electrons. The standard InChI is InChI=1S/C18H18F3IN2O.2ClH/c19-18(20,21)25-16-6-4-13(5-7-16)17(24-10-8-23-9-11-24)14-2-1-3-15(22)12-14;;/h1-7,12,17,23H,8-11H2;2*1H/t17-;;/m0../s1. The van der Waals surface area contributed by atoms with E-state index in [0.29, 0.717) is 0 Å². The first-order valence-electron chi connectivity index (χ1n) is 7.98. The van der Waals surface area contributed by atoms with E-state index in [-0.39, 0.29) is 36.6 Å². The van der Waals surface area contributed by atoms with Crippen molar-refractivity contribution < 1.29 is 17.9 Å². The van der Waals surface area contributed by atoms with Crippen molar-refractivity contribution in [1.29, 1.82) is 0 Å². The fraction of sp³-hybridized carbons (Fsp3) is 0.333. The van der Waals surface area contributed by atoms with E-state index in [1.807, 2.05) is 12.1 Å². The number of ether oxygens (including phenoxy) is 1. The Hall–Kier alpha value is -0.740. The maximum Gasteiger partial charge on any atom is 0.573 e. The van der Waals surface area contributed by atoms with Crippen molar-refractivity contribution in [3.05, 3.63) is 63.2 Å². The second kappa shape index (κ2) is 10.7. The van der Waals surface area contributed by atoms with Crippen LogP contribution >= 0.6 is 47.4 Å². The average Bonchev–Trinajstić information content (AvgIpc) is 2.56. The van der Waals surface area contributed by atoms with Gasteiger partial charge < -0.3 is 10.1 Å². The lowest BCUT2D eigenvalue weighted by Gasteiger charge is -2.35. The number of benzene rings is 2. The molecule has 1 N–H and O–H groups in total. The van der Waals surface area contributed by atoms with Gasteiger partial charge >= 0.3 is 6.36 Å². The molecule has 27 heavy (non-hydrogen) atoms. The molecule has 2 aromatic carbocycles. The van der Waals surface area contributed by atoms with E-state index < -0.39 is 6.36 Å². The van der Waals surface area contributed by atoms with Crippen LogP contribution in [-0.2, 0) is 0 Å². The van der Waals surface area contributed by atoms with E-state index in [1.165, 1.54) is 12.1 Å². The molecule has 1 aliphatic heterocycles. The summed E-state index contributed by atoms with van der Waals surface area (Å²) in [6, 6.07) is 14.4. The number of hydrogen-bond donors (Lipinski definition) is 1. The molecule has 1 heterocycles. The minimum Gasteiger partial charge on any atom is -0.406 e. The van der Waals surface area contributed by atoms with Crippen LogP contribution in [0.15, 0.2) is 48.5 Å². The molecule has 1 saturated heterocycles. The molecule has 3 nitrogen and oxygen atoms in total. The predicted molar refractivity (Wildman–Crippen MR) is 113 cm³/mol. The molecular formula is C18H20Cl2F3IN2O. The Morgan fingerprint density at radius 3 is 2.15 bits per heavy atom. The van der Waals surface area contributed by atoms with E-state index in [2.05, 4.69) is 49.7 Å². The number of rotatable bonds is 4. The third-order valence-electron chi connectivity index (χ3n) is 4.11. The van der Waals surface area contributed by atoms with Crippen LogP contribution in [0.1, 0.15) is 17.2 Å². The van der Waals surface area contributed by atoms with Crippen LogP contribution in [0, 0.1) is 3.57 Å². The van der Waals surface area contributed by atoms with Crippen molar-refractivity contribution in [2.45, 2.75) is 12.4 Å². The van der Waals surface area contributed by atoms with Gasteiger partial charge in [-0.25, -0.2) is 0 Å².